The van der Waals surface area contributed by atoms with Crippen molar-refractivity contribution >= 4 is 23.2 Å². The zero-order chi connectivity index (χ0) is 16.4. The van der Waals surface area contributed by atoms with Gasteiger partial charge in [0, 0.05) is 18.0 Å². The second-order valence-corrected chi connectivity index (χ2v) is 6.12. The third-order valence-corrected chi connectivity index (χ3v) is 4.45. The van der Waals surface area contributed by atoms with Crippen molar-refractivity contribution in [2.75, 3.05) is 6.54 Å². The van der Waals surface area contributed by atoms with Crippen LogP contribution in [0.25, 0.3) is 10.6 Å². The van der Waals surface area contributed by atoms with E-state index in [0.29, 0.717) is 9.91 Å². The Bertz CT molecular complexity index is 795. The molecule has 0 spiro atoms. The van der Waals surface area contributed by atoms with Gasteiger partial charge in [-0.2, -0.15) is 5.26 Å². The highest BCUT2D eigenvalue weighted by molar-refractivity contribution is 7.16. The zero-order valence-corrected chi connectivity index (χ0v) is 12.7. The van der Waals surface area contributed by atoms with Crippen LogP contribution in [-0.4, -0.2) is 38.9 Å². The summed E-state index contributed by atoms with van der Waals surface area (Å²) >= 11 is 1.07. The van der Waals surface area contributed by atoms with Crippen LogP contribution in [0.1, 0.15) is 22.5 Å². The number of pyridine rings is 1. The number of carbonyl (C=O) groups excluding carboxylic acids is 2. The highest BCUT2D eigenvalue weighted by Crippen LogP contribution is 2.41. The number of hydrogen-bond acceptors (Lipinski definition) is 6. The Morgan fingerprint density at radius 1 is 1.43 bits per heavy atom. The molecule has 0 aliphatic heterocycles. The molecule has 1 aliphatic rings. The van der Waals surface area contributed by atoms with Gasteiger partial charge in [-0.25, -0.2) is 9.37 Å². The number of amides is 2. The Morgan fingerprint density at radius 2 is 2.22 bits per heavy atom. The van der Waals surface area contributed by atoms with Gasteiger partial charge in [-0.05, 0) is 25.0 Å². The molecular weight excluding hydrogens is 319 g/mol. The lowest BCUT2D eigenvalue weighted by molar-refractivity contribution is -0.134. The van der Waals surface area contributed by atoms with Gasteiger partial charge in [0.15, 0.2) is 5.67 Å². The van der Waals surface area contributed by atoms with Gasteiger partial charge < -0.3 is 0 Å². The Kier molecular flexibility index (Phi) is 3.88. The Hall–Kier alpha value is -2.66. The lowest BCUT2D eigenvalue weighted by Crippen LogP contribution is -2.42. The monoisotopic (exact) mass is 330 g/mol. The second kappa shape index (κ2) is 5.85. The highest BCUT2D eigenvalue weighted by atomic mass is 32.1. The molecule has 23 heavy (non-hydrogen) atoms. The summed E-state index contributed by atoms with van der Waals surface area (Å²) in [6.45, 7) is -0.483. The molecule has 0 N–H and O–H groups in total. The van der Waals surface area contributed by atoms with Crippen LogP contribution >= 0.6 is 11.3 Å². The molecule has 116 valence electrons. The minimum absolute atomic E-state index is 0.0880. The molecule has 0 atom stereocenters. The van der Waals surface area contributed by atoms with Gasteiger partial charge in [-0.3, -0.25) is 19.5 Å². The maximum absolute atomic E-state index is 13.9. The molecule has 6 nitrogen and oxygen atoms in total. The largest absolute Gasteiger partial charge is 0.273 e. The lowest BCUT2D eigenvalue weighted by Gasteiger charge is -2.18. The fraction of sp³-hybridized carbons (Fsp3) is 0.267. The van der Waals surface area contributed by atoms with Crippen molar-refractivity contribution in [3.63, 3.8) is 0 Å². The third-order valence-electron chi connectivity index (χ3n) is 3.42. The molecule has 2 aromatic rings. The maximum atomic E-state index is 13.9. The van der Waals surface area contributed by atoms with E-state index >= 15 is 0 Å². The molecule has 0 saturated heterocycles. The summed E-state index contributed by atoms with van der Waals surface area (Å²) in [5.74, 6) is -1.64. The van der Waals surface area contributed by atoms with Crippen molar-refractivity contribution < 1.29 is 14.0 Å². The van der Waals surface area contributed by atoms with Gasteiger partial charge in [0.25, 0.3) is 11.8 Å². The number of aromatic nitrogens is 2. The molecular formula is C15H11FN4O2S. The van der Waals surface area contributed by atoms with Crippen LogP contribution < -0.4 is 0 Å². The maximum Gasteiger partial charge on any atom is 0.273 e. The van der Waals surface area contributed by atoms with Crippen LogP contribution in [0.4, 0.5) is 4.39 Å². The quantitative estimate of drug-likeness (QED) is 0.633. The number of imide groups is 1. The Morgan fingerprint density at radius 3 is 2.83 bits per heavy atom. The van der Waals surface area contributed by atoms with E-state index in [9.17, 15) is 14.0 Å². The van der Waals surface area contributed by atoms with E-state index in [1.54, 1.807) is 30.6 Å². The first-order valence-corrected chi connectivity index (χ1v) is 7.65. The van der Waals surface area contributed by atoms with Crippen molar-refractivity contribution in [3.05, 3.63) is 35.6 Å². The molecule has 3 rings (SSSR count). The second-order valence-electron chi connectivity index (χ2n) is 5.09. The van der Waals surface area contributed by atoms with E-state index in [1.165, 1.54) is 6.20 Å². The molecule has 1 fully saturated rings. The molecule has 1 aliphatic carbocycles. The van der Waals surface area contributed by atoms with E-state index < -0.39 is 24.0 Å². The van der Waals surface area contributed by atoms with Crippen LogP contribution in [0.2, 0.25) is 0 Å². The first-order chi connectivity index (χ1) is 11.0. The van der Waals surface area contributed by atoms with Gasteiger partial charge in [0.05, 0.1) is 12.3 Å². The average molecular weight is 330 g/mol. The van der Waals surface area contributed by atoms with Gasteiger partial charge in [0.2, 0.25) is 0 Å². The smallest absolute Gasteiger partial charge is 0.271 e. The highest BCUT2D eigenvalue weighted by Gasteiger charge is 2.54. The van der Waals surface area contributed by atoms with E-state index in [-0.39, 0.29) is 17.7 Å². The van der Waals surface area contributed by atoms with Gasteiger partial charge >= 0.3 is 0 Å². The predicted molar refractivity (Wildman–Crippen MR) is 80.1 cm³/mol. The SMILES string of the molecule is N#CCN(C(=O)c1cnc(-c2cccnc2)s1)C(=O)C1(F)CC1. The van der Waals surface area contributed by atoms with Gasteiger partial charge in [-0.1, -0.05) is 0 Å². The summed E-state index contributed by atoms with van der Waals surface area (Å²) in [5.41, 5.74) is -1.26. The van der Waals surface area contributed by atoms with Crippen molar-refractivity contribution in [3.8, 4) is 16.6 Å². The molecule has 0 radical (unpaired) electrons. The van der Waals surface area contributed by atoms with Crippen LogP contribution in [0, 0.1) is 11.3 Å². The zero-order valence-electron chi connectivity index (χ0n) is 11.9. The number of thiazole rings is 1. The molecule has 0 bridgehead atoms. The lowest BCUT2D eigenvalue weighted by atomic mass is 10.3. The van der Waals surface area contributed by atoms with E-state index in [2.05, 4.69) is 9.97 Å². The first kappa shape index (κ1) is 15.2. The average Bonchev–Trinajstić information content (AvgIpc) is 3.14. The topological polar surface area (TPSA) is 86.9 Å². The van der Waals surface area contributed by atoms with Crippen LogP contribution in [0.3, 0.4) is 0 Å². The molecule has 2 amide bonds. The van der Waals surface area contributed by atoms with Crippen molar-refractivity contribution in [1.29, 1.82) is 5.26 Å². The summed E-state index contributed by atoms with van der Waals surface area (Å²) in [6.07, 6.45) is 4.72. The molecule has 0 unspecified atom stereocenters. The van der Waals surface area contributed by atoms with E-state index in [1.807, 2.05) is 0 Å². The van der Waals surface area contributed by atoms with Crippen molar-refractivity contribution in [1.82, 2.24) is 14.9 Å². The number of hydrogen-bond donors (Lipinski definition) is 0. The standard InChI is InChI=1S/C15H11FN4O2S/c16-15(3-4-15)14(22)20(7-5-17)13(21)11-9-19-12(23-11)10-2-1-6-18-8-10/h1-2,6,8-9H,3-4,7H2. The third kappa shape index (κ3) is 2.96. The Balaban J connectivity index is 1.85. The van der Waals surface area contributed by atoms with Crippen LogP contribution in [0.5, 0.6) is 0 Å². The van der Waals surface area contributed by atoms with Gasteiger partial charge in [0.1, 0.15) is 16.4 Å². The fourth-order valence-electron chi connectivity index (χ4n) is 2.00. The van der Waals surface area contributed by atoms with Crippen LogP contribution in [0.15, 0.2) is 30.7 Å². The van der Waals surface area contributed by atoms with Crippen LogP contribution in [-0.2, 0) is 4.79 Å². The number of nitriles is 1. The Labute approximate surface area is 135 Å². The number of rotatable bonds is 4. The number of alkyl halides is 1. The summed E-state index contributed by atoms with van der Waals surface area (Å²) in [7, 11) is 0. The van der Waals surface area contributed by atoms with Gasteiger partial charge in [-0.15, -0.1) is 11.3 Å². The summed E-state index contributed by atoms with van der Waals surface area (Å²) in [5, 5.41) is 9.37. The minimum atomic E-state index is -2.00. The summed E-state index contributed by atoms with van der Waals surface area (Å²) in [6, 6.07) is 5.26. The van der Waals surface area contributed by atoms with Crippen molar-refractivity contribution in [2.45, 2.75) is 18.5 Å². The van der Waals surface area contributed by atoms with E-state index in [0.717, 1.165) is 16.9 Å². The molecule has 1 saturated carbocycles. The number of carbonyl (C=O) groups is 2. The predicted octanol–water partition coefficient (Wildman–Crippen LogP) is 2.20. The van der Waals surface area contributed by atoms with E-state index in [4.69, 9.17) is 5.26 Å². The molecule has 2 aromatic heterocycles. The minimum Gasteiger partial charge on any atom is -0.271 e. The molecule has 0 aromatic carbocycles. The normalized spacial score (nSPS) is 14.8. The number of halogens is 1. The number of nitrogens with zero attached hydrogens (tertiary/aromatic N) is 4. The summed E-state index contributed by atoms with van der Waals surface area (Å²) < 4.78 is 13.9. The fourth-order valence-corrected chi connectivity index (χ4v) is 2.86. The molecule has 2 heterocycles. The van der Waals surface area contributed by atoms with Crippen molar-refractivity contribution in [2.24, 2.45) is 0 Å². The first-order valence-electron chi connectivity index (χ1n) is 6.83. The molecule has 8 heteroatoms. The summed E-state index contributed by atoms with van der Waals surface area (Å²) in [4.78, 5) is 33.4.